The number of halogens is 1. The lowest BCUT2D eigenvalue weighted by molar-refractivity contribution is 0.0783. The Morgan fingerprint density at radius 1 is 1.07 bits per heavy atom. The molecule has 0 aliphatic heterocycles. The lowest BCUT2D eigenvalue weighted by Crippen LogP contribution is -2.27. The molecule has 0 aliphatic rings. The van der Waals surface area contributed by atoms with Crippen LogP contribution >= 0.6 is 0 Å². The van der Waals surface area contributed by atoms with Crippen LogP contribution in [0.2, 0.25) is 0 Å². The zero-order valence-electron chi connectivity index (χ0n) is 16.9. The summed E-state index contributed by atoms with van der Waals surface area (Å²) in [5, 5.41) is 7.04. The molecule has 2 aromatic carbocycles. The van der Waals surface area contributed by atoms with Gasteiger partial charge in [0.05, 0.1) is 22.6 Å². The molecule has 0 bridgehead atoms. The molecule has 1 N–H and O–H groups in total. The maximum absolute atomic E-state index is 13.2. The fraction of sp³-hybridized carbons (Fsp3) is 0.227. The highest BCUT2D eigenvalue weighted by Gasteiger charge is 2.22. The number of hydrogen-bond acceptors (Lipinski definition) is 3. The van der Waals surface area contributed by atoms with Crippen LogP contribution in [0.25, 0.3) is 5.69 Å². The van der Waals surface area contributed by atoms with Crippen molar-refractivity contribution in [2.45, 2.75) is 20.4 Å². The monoisotopic (exact) mass is 394 g/mol. The van der Waals surface area contributed by atoms with Gasteiger partial charge in [-0.3, -0.25) is 9.59 Å². The summed E-state index contributed by atoms with van der Waals surface area (Å²) >= 11 is 0. The van der Waals surface area contributed by atoms with Crippen LogP contribution in [0.4, 0.5) is 4.39 Å². The first-order valence-electron chi connectivity index (χ1n) is 9.20. The molecule has 3 rings (SSSR count). The number of nitrogens with one attached hydrogen (secondary N) is 1. The lowest BCUT2D eigenvalue weighted by atomic mass is 10.1. The normalized spacial score (nSPS) is 10.7. The molecule has 7 heteroatoms. The Balaban J connectivity index is 1.81. The Morgan fingerprint density at radius 2 is 1.69 bits per heavy atom. The second kappa shape index (κ2) is 8.26. The van der Waals surface area contributed by atoms with Crippen molar-refractivity contribution in [1.82, 2.24) is 20.0 Å². The number of aryl methyl sites for hydroxylation is 1. The quantitative estimate of drug-likeness (QED) is 0.722. The predicted octanol–water partition coefficient (Wildman–Crippen LogP) is 3.26. The fourth-order valence-electron chi connectivity index (χ4n) is 3.23. The molecule has 0 spiro atoms. The maximum atomic E-state index is 13.2. The van der Waals surface area contributed by atoms with E-state index in [9.17, 15) is 14.0 Å². The number of aromatic nitrogens is 2. The first kappa shape index (κ1) is 20.3. The van der Waals surface area contributed by atoms with Crippen molar-refractivity contribution < 1.29 is 14.0 Å². The minimum Gasteiger partial charge on any atom is -0.355 e. The van der Waals surface area contributed by atoms with Gasteiger partial charge in [-0.1, -0.05) is 12.1 Å². The van der Waals surface area contributed by atoms with Gasteiger partial charge >= 0.3 is 0 Å². The number of hydrogen-bond donors (Lipinski definition) is 1. The van der Waals surface area contributed by atoms with Crippen LogP contribution in [0, 0.1) is 19.7 Å². The van der Waals surface area contributed by atoms with Crippen LogP contribution in [-0.4, -0.2) is 40.6 Å². The second-order valence-electron chi connectivity index (χ2n) is 6.87. The van der Waals surface area contributed by atoms with E-state index < -0.39 is 0 Å². The van der Waals surface area contributed by atoms with E-state index in [1.807, 2.05) is 19.1 Å². The molecular formula is C22H23FN4O2. The van der Waals surface area contributed by atoms with E-state index in [1.165, 1.54) is 12.1 Å². The first-order valence-corrected chi connectivity index (χ1v) is 9.20. The summed E-state index contributed by atoms with van der Waals surface area (Å²) in [5.74, 6) is -0.627. The van der Waals surface area contributed by atoms with E-state index in [1.54, 1.807) is 54.9 Å². The third-order valence-electron chi connectivity index (χ3n) is 4.79. The van der Waals surface area contributed by atoms with E-state index in [0.29, 0.717) is 34.7 Å². The molecule has 0 fully saturated rings. The van der Waals surface area contributed by atoms with E-state index in [2.05, 4.69) is 10.4 Å². The third kappa shape index (κ3) is 4.18. The van der Waals surface area contributed by atoms with Gasteiger partial charge in [0.25, 0.3) is 11.8 Å². The molecule has 150 valence electrons. The molecule has 29 heavy (non-hydrogen) atoms. The number of nitrogens with zero attached hydrogens (tertiary/aromatic N) is 3. The Labute approximate surface area is 169 Å². The van der Waals surface area contributed by atoms with Crippen molar-refractivity contribution >= 4 is 11.8 Å². The van der Waals surface area contributed by atoms with Crippen molar-refractivity contribution in [3.8, 4) is 5.69 Å². The first-order chi connectivity index (χ1) is 13.8. The maximum Gasteiger partial charge on any atom is 0.257 e. The average molecular weight is 394 g/mol. The van der Waals surface area contributed by atoms with Crippen molar-refractivity contribution in [2.24, 2.45) is 0 Å². The topological polar surface area (TPSA) is 67.2 Å². The fourth-order valence-corrected chi connectivity index (χ4v) is 3.23. The van der Waals surface area contributed by atoms with Gasteiger partial charge in [0.1, 0.15) is 5.82 Å². The van der Waals surface area contributed by atoms with Crippen molar-refractivity contribution in [1.29, 1.82) is 0 Å². The summed E-state index contributed by atoms with van der Waals surface area (Å²) in [5.41, 5.74) is 4.00. The second-order valence-corrected chi connectivity index (χ2v) is 6.87. The molecule has 1 aromatic heterocycles. The summed E-state index contributed by atoms with van der Waals surface area (Å²) in [4.78, 5) is 26.3. The van der Waals surface area contributed by atoms with Gasteiger partial charge in [-0.05, 0) is 55.8 Å². The summed E-state index contributed by atoms with van der Waals surface area (Å²) < 4.78 is 14.9. The van der Waals surface area contributed by atoms with Crippen LogP contribution in [0.3, 0.4) is 0 Å². The summed E-state index contributed by atoms with van der Waals surface area (Å²) in [6.45, 7) is 4.00. The Bertz CT molecular complexity index is 1040. The predicted molar refractivity (Wildman–Crippen MR) is 109 cm³/mol. The van der Waals surface area contributed by atoms with Gasteiger partial charge in [0.15, 0.2) is 0 Å². The minimum absolute atomic E-state index is 0.149. The number of amides is 2. The van der Waals surface area contributed by atoms with Crippen LogP contribution < -0.4 is 5.32 Å². The number of carbonyl (C=O) groups is 2. The smallest absolute Gasteiger partial charge is 0.257 e. The molecule has 1 heterocycles. The molecule has 0 saturated carbocycles. The van der Waals surface area contributed by atoms with Gasteiger partial charge < -0.3 is 10.2 Å². The highest BCUT2D eigenvalue weighted by atomic mass is 19.1. The van der Waals surface area contributed by atoms with Crippen LogP contribution in [0.5, 0.6) is 0 Å². The summed E-state index contributed by atoms with van der Waals surface area (Å²) in [7, 11) is 3.31. The van der Waals surface area contributed by atoms with E-state index >= 15 is 0 Å². The SMILES string of the molecule is CNC(=O)c1ccc(CN(C)C(=O)c2c(C)nn(-c3ccc(F)cc3)c2C)cc1. The number of carbonyl (C=O) groups excluding carboxylic acids is 2. The molecule has 2 amide bonds. The Kier molecular flexibility index (Phi) is 5.77. The van der Waals surface area contributed by atoms with Gasteiger partial charge in [-0.25, -0.2) is 9.07 Å². The van der Waals surface area contributed by atoms with Gasteiger partial charge in [-0.15, -0.1) is 0 Å². The Morgan fingerprint density at radius 3 is 2.28 bits per heavy atom. The molecule has 3 aromatic rings. The van der Waals surface area contributed by atoms with Gasteiger partial charge in [-0.2, -0.15) is 5.10 Å². The van der Waals surface area contributed by atoms with Gasteiger partial charge in [0.2, 0.25) is 0 Å². The molecule has 0 saturated heterocycles. The molecule has 0 unspecified atom stereocenters. The largest absolute Gasteiger partial charge is 0.355 e. The van der Waals surface area contributed by atoms with Crippen molar-refractivity contribution in [3.05, 3.63) is 82.4 Å². The molecule has 0 radical (unpaired) electrons. The third-order valence-corrected chi connectivity index (χ3v) is 4.79. The van der Waals surface area contributed by atoms with Crippen LogP contribution in [-0.2, 0) is 6.54 Å². The highest BCUT2D eigenvalue weighted by Crippen LogP contribution is 2.20. The van der Waals surface area contributed by atoms with E-state index in [4.69, 9.17) is 0 Å². The lowest BCUT2D eigenvalue weighted by Gasteiger charge is -2.18. The van der Waals surface area contributed by atoms with Crippen LogP contribution in [0.1, 0.15) is 37.7 Å². The van der Waals surface area contributed by atoms with Crippen LogP contribution in [0.15, 0.2) is 48.5 Å². The van der Waals surface area contributed by atoms with E-state index in [-0.39, 0.29) is 17.6 Å². The van der Waals surface area contributed by atoms with Crippen molar-refractivity contribution in [3.63, 3.8) is 0 Å². The van der Waals surface area contributed by atoms with E-state index in [0.717, 1.165) is 5.56 Å². The van der Waals surface area contributed by atoms with Crippen molar-refractivity contribution in [2.75, 3.05) is 14.1 Å². The molecule has 6 nitrogen and oxygen atoms in total. The molecule has 0 aliphatic carbocycles. The summed E-state index contributed by atoms with van der Waals surface area (Å²) in [6.07, 6.45) is 0. The molecular weight excluding hydrogens is 371 g/mol. The number of benzene rings is 2. The number of rotatable bonds is 5. The highest BCUT2D eigenvalue weighted by molar-refractivity contribution is 5.96. The zero-order chi connectivity index (χ0) is 21.1. The average Bonchev–Trinajstić information content (AvgIpc) is 3.02. The zero-order valence-corrected chi connectivity index (χ0v) is 16.9. The summed E-state index contributed by atoms with van der Waals surface area (Å²) in [6, 6.07) is 13.1. The molecule has 0 atom stereocenters. The Hall–Kier alpha value is -3.48. The van der Waals surface area contributed by atoms with Gasteiger partial charge in [0, 0.05) is 26.2 Å². The standard InChI is InChI=1S/C22H23FN4O2/c1-14-20(15(2)27(25-14)19-11-9-18(23)10-12-19)22(29)26(4)13-16-5-7-17(8-6-16)21(28)24-3/h5-12H,13H2,1-4H3,(H,24,28). The minimum atomic E-state index is -0.325.